The normalized spacial score (nSPS) is 13.1. The SMILES string of the molecule is CNCCC(N)c1ccc(CC(C)C)cc1. The zero-order valence-electron chi connectivity index (χ0n) is 10.7. The summed E-state index contributed by atoms with van der Waals surface area (Å²) >= 11 is 0. The van der Waals surface area contributed by atoms with Gasteiger partial charge < -0.3 is 11.1 Å². The number of hydrogen-bond acceptors (Lipinski definition) is 2. The molecule has 1 aromatic rings. The summed E-state index contributed by atoms with van der Waals surface area (Å²) in [6.45, 7) is 5.45. The van der Waals surface area contributed by atoms with Crippen LogP contribution in [0.3, 0.4) is 0 Å². The van der Waals surface area contributed by atoms with Gasteiger partial charge in [0.25, 0.3) is 0 Å². The van der Waals surface area contributed by atoms with Crippen molar-refractivity contribution in [3.05, 3.63) is 35.4 Å². The topological polar surface area (TPSA) is 38.0 Å². The lowest BCUT2D eigenvalue weighted by molar-refractivity contribution is 0.614. The standard InChI is InChI=1S/C14H24N2/c1-11(2)10-12-4-6-13(7-5-12)14(15)8-9-16-3/h4-7,11,14,16H,8-10,15H2,1-3H3. The molecule has 3 N–H and O–H groups in total. The second kappa shape index (κ2) is 6.66. The Morgan fingerprint density at radius 1 is 1.19 bits per heavy atom. The molecular weight excluding hydrogens is 196 g/mol. The van der Waals surface area contributed by atoms with Crippen LogP contribution >= 0.6 is 0 Å². The van der Waals surface area contributed by atoms with Gasteiger partial charge in [-0.2, -0.15) is 0 Å². The molecule has 0 amide bonds. The molecule has 0 aliphatic rings. The second-order valence-electron chi connectivity index (χ2n) is 4.84. The lowest BCUT2D eigenvalue weighted by Crippen LogP contribution is -2.17. The number of benzene rings is 1. The van der Waals surface area contributed by atoms with E-state index in [2.05, 4.69) is 43.4 Å². The maximum absolute atomic E-state index is 6.09. The molecule has 1 atom stereocenters. The summed E-state index contributed by atoms with van der Waals surface area (Å²) in [6.07, 6.45) is 2.13. The van der Waals surface area contributed by atoms with Crippen molar-refractivity contribution in [1.29, 1.82) is 0 Å². The molecule has 0 saturated heterocycles. The van der Waals surface area contributed by atoms with Crippen LogP contribution in [-0.4, -0.2) is 13.6 Å². The van der Waals surface area contributed by atoms with E-state index >= 15 is 0 Å². The minimum atomic E-state index is 0.153. The highest BCUT2D eigenvalue weighted by Crippen LogP contribution is 2.16. The molecule has 0 aliphatic carbocycles. The van der Waals surface area contributed by atoms with Gasteiger partial charge in [-0.25, -0.2) is 0 Å². The van der Waals surface area contributed by atoms with E-state index < -0.39 is 0 Å². The lowest BCUT2D eigenvalue weighted by atomic mass is 9.98. The van der Waals surface area contributed by atoms with Gasteiger partial charge in [-0.15, -0.1) is 0 Å². The Kier molecular flexibility index (Phi) is 5.50. The van der Waals surface area contributed by atoms with Gasteiger partial charge in [0.15, 0.2) is 0 Å². The van der Waals surface area contributed by atoms with Crippen molar-refractivity contribution in [2.45, 2.75) is 32.7 Å². The average Bonchev–Trinajstić information content (AvgIpc) is 2.26. The smallest absolute Gasteiger partial charge is 0.0306 e. The molecule has 1 aromatic carbocycles. The lowest BCUT2D eigenvalue weighted by Gasteiger charge is -2.12. The zero-order valence-corrected chi connectivity index (χ0v) is 10.7. The van der Waals surface area contributed by atoms with Crippen LogP contribution in [0.4, 0.5) is 0 Å². The summed E-state index contributed by atoms with van der Waals surface area (Å²) in [5.74, 6) is 0.712. The molecule has 2 heteroatoms. The van der Waals surface area contributed by atoms with Gasteiger partial charge in [-0.1, -0.05) is 38.1 Å². The van der Waals surface area contributed by atoms with Crippen LogP contribution in [0.15, 0.2) is 24.3 Å². The quantitative estimate of drug-likeness (QED) is 0.773. The Balaban J connectivity index is 2.56. The molecule has 16 heavy (non-hydrogen) atoms. The number of rotatable bonds is 6. The predicted molar refractivity (Wildman–Crippen MR) is 70.5 cm³/mol. The third-order valence-corrected chi connectivity index (χ3v) is 2.76. The van der Waals surface area contributed by atoms with Gasteiger partial charge in [-0.3, -0.25) is 0 Å². The van der Waals surface area contributed by atoms with E-state index in [4.69, 9.17) is 5.73 Å². The highest BCUT2D eigenvalue weighted by molar-refractivity contribution is 5.25. The highest BCUT2D eigenvalue weighted by Gasteiger charge is 2.05. The van der Waals surface area contributed by atoms with Gasteiger partial charge >= 0.3 is 0 Å². The molecule has 2 nitrogen and oxygen atoms in total. The first kappa shape index (κ1) is 13.2. The van der Waals surface area contributed by atoms with Crippen molar-refractivity contribution in [2.75, 3.05) is 13.6 Å². The maximum atomic E-state index is 6.09. The van der Waals surface area contributed by atoms with E-state index in [1.54, 1.807) is 0 Å². The molecule has 1 unspecified atom stereocenters. The van der Waals surface area contributed by atoms with Gasteiger partial charge in [-0.05, 0) is 43.5 Å². The third-order valence-electron chi connectivity index (χ3n) is 2.76. The summed E-state index contributed by atoms with van der Waals surface area (Å²) in [7, 11) is 1.96. The summed E-state index contributed by atoms with van der Waals surface area (Å²) < 4.78 is 0. The molecule has 0 radical (unpaired) electrons. The maximum Gasteiger partial charge on any atom is 0.0306 e. The van der Waals surface area contributed by atoms with Crippen molar-refractivity contribution in [3.63, 3.8) is 0 Å². The number of nitrogens with one attached hydrogen (secondary N) is 1. The Morgan fingerprint density at radius 2 is 1.81 bits per heavy atom. The van der Waals surface area contributed by atoms with Gasteiger partial charge in [0, 0.05) is 6.04 Å². The molecule has 0 fully saturated rings. The zero-order chi connectivity index (χ0) is 12.0. The number of nitrogens with two attached hydrogens (primary N) is 1. The molecule has 90 valence electrons. The molecule has 0 bridgehead atoms. The summed E-state index contributed by atoms with van der Waals surface area (Å²) in [5, 5.41) is 3.13. The van der Waals surface area contributed by atoms with Gasteiger partial charge in [0.1, 0.15) is 0 Å². The first-order valence-corrected chi connectivity index (χ1v) is 6.12. The van der Waals surface area contributed by atoms with Gasteiger partial charge in [0.2, 0.25) is 0 Å². The van der Waals surface area contributed by atoms with Crippen molar-refractivity contribution in [2.24, 2.45) is 11.7 Å². The van der Waals surface area contributed by atoms with Crippen LogP contribution in [0.25, 0.3) is 0 Å². The molecule has 1 rings (SSSR count). The van der Waals surface area contributed by atoms with Crippen molar-refractivity contribution in [3.8, 4) is 0 Å². The second-order valence-corrected chi connectivity index (χ2v) is 4.84. The van der Waals surface area contributed by atoms with Crippen molar-refractivity contribution in [1.82, 2.24) is 5.32 Å². The third kappa shape index (κ3) is 4.33. The Morgan fingerprint density at radius 3 is 2.31 bits per heavy atom. The Bertz CT molecular complexity index is 290. The molecule has 0 aromatic heterocycles. The van der Waals surface area contributed by atoms with Crippen LogP contribution in [0.5, 0.6) is 0 Å². The van der Waals surface area contributed by atoms with E-state index in [9.17, 15) is 0 Å². The van der Waals surface area contributed by atoms with Crippen LogP contribution in [0.1, 0.15) is 37.4 Å². The van der Waals surface area contributed by atoms with Crippen LogP contribution in [0.2, 0.25) is 0 Å². The first-order valence-electron chi connectivity index (χ1n) is 6.12. The minimum absolute atomic E-state index is 0.153. The predicted octanol–water partition coefficient (Wildman–Crippen LogP) is 2.49. The fraction of sp³-hybridized carbons (Fsp3) is 0.571. The van der Waals surface area contributed by atoms with Crippen molar-refractivity contribution >= 4 is 0 Å². The van der Waals surface area contributed by atoms with Crippen molar-refractivity contribution < 1.29 is 0 Å². The minimum Gasteiger partial charge on any atom is -0.324 e. The van der Waals surface area contributed by atoms with E-state index in [1.165, 1.54) is 11.1 Å². The van der Waals surface area contributed by atoms with E-state index in [-0.39, 0.29) is 6.04 Å². The fourth-order valence-electron chi connectivity index (χ4n) is 1.84. The van der Waals surface area contributed by atoms with Crippen LogP contribution in [0, 0.1) is 5.92 Å². The molecule has 0 spiro atoms. The number of hydrogen-bond donors (Lipinski definition) is 2. The highest BCUT2D eigenvalue weighted by atomic mass is 14.8. The van der Waals surface area contributed by atoms with Gasteiger partial charge in [0.05, 0.1) is 0 Å². The van der Waals surface area contributed by atoms with Crippen LogP contribution < -0.4 is 11.1 Å². The van der Waals surface area contributed by atoms with Crippen LogP contribution in [-0.2, 0) is 6.42 Å². The first-order chi connectivity index (χ1) is 7.63. The summed E-state index contributed by atoms with van der Waals surface area (Å²) in [5.41, 5.74) is 8.73. The largest absolute Gasteiger partial charge is 0.324 e. The Hall–Kier alpha value is -0.860. The Labute approximate surface area is 99.2 Å². The average molecular weight is 220 g/mol. The molecular formula is C14H24N2. The summed E-state index contributed by atoms with van der Waals surface area (Å²) in [6, 6.07) is 8.89. The molecule has 0 aliphatic heterocycles. The molecule has 0 saturated carbocycles. The summed E-state index contributed by atoms with van der Waals surface area (Å²) in [4.78, 5) is 0. The van der Waals surface area contributed by atoms with E-state index in [0.717, 1.165) is 19.4 Å². The monoisotopic (exact) mass is 220 g/mol. The molecule has 0 heterocycles. The van der Waals surface area contributed by atoms with E-state index in [0.29, 0.717) is 5.92 Å². The fourth-order valence-corrected chi connectivity index (χ4v) is 1.84. The van der Waals surface area contributed by atoms with E-state index in [1.807, 2.05) is 7.05 Å².